The highest BCUT2D eigenvalue weighted by molar-refractivity contribution is 7.99. The highest BCUT2D eigenvalue weighted by Gasteiger charge is 2.21. The van der Waals surface area contributed by atoms with Gasteiger partial charge in [-0.3, -0.25) is 0 Å². The normalized spacial score (nSPS) is 21.7. The second-order valence-corrected chi connectivity index (χ2v) is 6.41. The molecule has 3 rings (SSSR count). The van der Waals surface area contributed by atoms with Gasteiger partial charge in [-0.2, -0.15) is 0 Å². The Morgan fingerprint density at radius 3 is 3.00 bits per heavy atom. The van der Waals surface area contributed by atoms with Crippen LogP contribution in [0.5, 0.6) is 0 Å². The van der Waals surface area contributed by atoms with Crippen molar-refractivity contribution < 1.29 is 14.6 Å². The largest absolute Gasteiger partial charge is 0.478 e. The molecule has 1 N–H and O–H groups in total. The molecular formula is C15H19NO3S. The minimum absolute atomic E-state index is 0.250. The van der Waals surface area contributed by atoms with Gasteiger partial charge in [-0.1, -0.05) is 0 Å². The lowest BCUT2D eigenvalue weighted by atomic mass is 9.95. The molecule has 0 radical (unpaired) electrons. The number of carboxylic acid groups (broad SMARTS) is 1. The summed E-state index contributed by atoms with van der Waals surface area (Å²) in [6.45, 7) is 0.828. The lowest BCUT2D eigenvalue weighted by molar-refractivity contribution is 0.0692. The van der Waals surface area contributed by atoms with Crippen LogP contribution in [0.2, 0.25) is 0 Å². The van der Waals surface area contributed by atoms with Gasteiger partial charge >= 0.3 is 5.97 Å². The summed E-state index contributed by atoms with van der Waals surface area (Å²) in [6.07, 6.45) is 6.65. The quantitative estimate of drug-likeness (QED) is 0.865. The SMILES string of the molecule is O=C(O)c1cc2c(nc1SCC1CCCO1)CCCC2. The number of carbonyl (C=O) groups is 1. The van der Waals surface area contributed by atoms with Gasteiger partial charge in [0.2, 0.25) is 0 Å². The van der Waals surface area contributed by atoms with Crippen molar-refractivity contribution in [1.29, 1.82) is 0 Å². The number of nitrogens with zero attached hydrogens (tertiary/aromatic N) is 1. The van der Waals surface area contributed by atoms with Crippen molar-refractivity contribution in [1.82, 2.24) is 4.98 Å². The van der Waals surface area contributed by atoms with E-state index < -0.39 is 5.97 Å². The predicted octanol–water partition coefficient (Wildman–Crippen LogP) is 2.93. The summed E-state index contributed by atoms with van der Waals surface area (Å²) < 4.78 is 5.59. The third-order valence-corrected chi connectivity index (χ3v) is 5.05. The van der Waals surface area contributed by atoms with Gasteiger partial charge in [0.15, 0.2) is 0 Å². The molecule has 1 unspecified atom stereocenters. The fraction of sp³-hybridized carbons (Fsp3) is 0.600. The maximum atomic E-state index is 11.4. The van der Waals surface area contributed by atoms with Crippen LogP contribution in [0.4, 0.5) is 0 Å². The molecule has 2 heterocycles. The Morgan fingerprint density at radius 2 is 2.25 bits per heavy atom. The minimum atomic E-state index is -0.874. The molecule has 0 amide bonds. The van der Waals surface area contributed by atoms with Gasteiger partial charge in [-0.15, -0.1) is 11.8 Å². The zero-order valence-corrected chi connectivity index (χ0v) is 12.2. The first kappa shape index (κ1) is 13.9. The van der Waals surface area contributed by atoms with Gasteiger partial charge in [0.25, 0.3) is 0 Å². The molecule has 1 fully saturated rings. The minimum Gasteiger partial charge on any atom is -0.478 e. The number of pyridine rings is 1. The lowest BCUT2D eigenvalue weighted by Gasteiger charge is -2.17. The summed E-state index contributed by atoms with van der Waals surface area (Å²) in [7, 11) is 0. The monoisotopic (exact) mass is 293 g/mol. The maximum Gasteiger partial charge on any atom is 0.338 e. The summed E-state index contributed by atoms with van der Waals surface area (Å²) in [6, 6.07) is 1.83. The average Bonchev–Trinajstić information content (AvgIpc) is 2.97. The molecule has 1 aromatic rings. The number of fused-ring (bicyclic) bond motifs is 1. The van der Waals surface area contributed by atoms with E-state index in [2.05, 4.69) is 4.98 Å². The standard InChI is InChI=1S/C15H19NO3S/c17-15(18)12-8-10-4-1-2-6-13(10)16-14(12)20-9-11-5-3-7-19-11/h8,11H,1-7,9H2,(H,17,18). The molecule has 2 aliphatic rings. The highest BCUT2D eigenvalue weighted by Crippen LogP contribution is 2.29. The van der Waals surface area contributed by atoms with Crippen molar-refractivity contribution in [2.45, 2.75) is 49.7 Å². The van der Waals surface area contributed by atoms with Crippen LogP contribution in [0.25, 0.3) is 0 Å². The zero-order valence-electron chi connectivity index (χ0n) is 11.4. The van der Waals surface area contributed by atoms with Crippen LogP contribution < -0.4 is 0 Å². The molecule has 108 valence electrons. The van der Waals surface area contributed by atoms with Crippen molar-refractivity contribution in [3.63, 3.8) is 0 Å². The molecule has 5 heteroatoms. The van der Waals surface area contributed by atoms with Gasteiger partial charge in [0.05, 0.1) is 11.7 Å². The second kappa shape index (κ2) is 6.14. The van der Waals surface area contributed by atoms with Crippen molar-refractivity contribution in [3.05, 3.63) is 22.9 Å². The lowest BCUT2D eigenvalue weighted by Crippen LogP contribution is -2.13. The van der Waals surface area contributed by atoms with Gasteiger partial charge in [-0.25, -0.2) is 9.78 Å². The number of hydrogen-bond acceptors (Lipinski definition) is 4. The van der Waals surface area contributed by atoms with E-state index in [-0.39, 0.29) is 6.10 Å². The van der Waals surface area contributed by atoms with Gasteiger partial charge in [0, 0.05) is 18.1 Å². The Hall–Kier alpha value is -1.07. The Kier molecular flexibility index (Phi) is 4.27. The van der Waals surface area contributed by atoms with Crippen LogP contribution in [0.1, 0.15) is 47.3 Å². The Morgan fingerprint density at radius 1 is 1.40 bits per heavy atom. The fourth-order valence-corrected chi connectivity index (χ4v) is 3.91. The number of hydrogen-bond donors (Lipinski definition) is 1. The first-order valence-corrected chi connectivity index (χ1v) is 8.23. The van der Waals surface area contributed by atoms with Crippen LogP contribution in [-0.2, 0) is 17.6 Å². The molecule has 20 heavy (non-hydrogen) atoms. The average molecular weight is 293 g/mol. The van der Waals surface area contributed by atoms with Crippen LogP contribution in [0.15, 0.2) is 11.1 Å². The molecular weight excluding hydrogens is 274 g/mol. The molecule has 1 aliphatic heterocycles. The number of aryl methyl sites for hydroxylation is 2. The first-order chi connectivity index (χ1) is 9.74. The summed E-state index contributed by atoms with van der Waals surface area (Å²) >= 11 is 1.53. The smallest absolute Gasteiger partial charge is 0.338 e. The van der Waals surface area contributed by atoms with E-state index in [4.69, 9.17) is 4.74 Å². The molecule has 1 aliphatic carbocycles. The van der Waals surface area contributed by atoms with Crippen LogP contribution >= 0.6 is 11.8 Å². The molecule has 0 saturated carbocycles. The van der Waals surface area contributed by atoms with Crippen molar-refractivity contribution in [2.24, 2.45) is 0 Å². The summed E-state index contributed by atoms with van der Waals surface area (Å²) in [5.41, 5.74) is 2.57. The third kappa shape index (κ3) is 2.99. The third-order valence-electron chi connectivity index (χ3n) is 3.93. The molecule has 1 atom stereocenters. The molecule has 1 aromatic heterocycles. The highest BCUT2D eigenvalue weighted by atomic mass is 32.2. The Balaban J connectivity index is 1.81. The summed E-state index contributed by atoms with van der Waals surface area (Å²) in [4.78, 5) is 16.0. The number of ether oxygens (including phenoxy) is 1. The van der Waals surface area contributed by atoms with Gasteiger partial charge in [0.1, 0.15) is 5.03 Å². The predicted molar refractivity (Wildman–Crippen MR) is 77.5 cm³/mol. The van der Waals surface area contributed by atoms with Crippen molar-refractivity contribution in [3.8, 4) is 0 Å². The molecule has 0 aromatic carbocycles. The summed E-state index contributed by atoms with van der Waals surface area (Å²) in [5.74, 6) is -0.0767. The van der Waals surface area contributed by atoms with Crippen LogP contribution in [0.3, 0.4) is 0 Å². The second-order valence-electron chi connectivity index (χ2n) is 5.41. The van der Waals surface area contributed by atoms with E-state index in [0.29, 0.717) is 10.6 Å². The zero-order chi connectivity index (χ0) is 13.9. The number of thioether (sulfide) groups is 1. The van der Waals surface area contributed by atoms with Gasteiger partial charge in [-0.05, 0) is 50.2 Å². The van der Waals surface area contributed by atoms with Gasteiger partial charge < -0.3 is 9.84 Å². The first-order valence-electron chi connectivity index (χ1n) is 7.24. The van der Waals surface area contributed by atoms with Crippen LogP contribution in [-0.4, -0.2) is 34.5 Å². The van der Waals surface area contributed by atoms with E-state index in [9.17, 15) is 9.90 Å². The molecule has 0 bridgehead atoms. The molecule has 4 nitrogen and oxygen atoms in total. The Bertz CT molecular complexity index is 512. The van der Waals surface area contributed by atoms with E-state index in [1.54, 1.807) is 0 Å². The van der Waals surface area contributed by atoms with Crippen molar-refractivity contribution in [2.75, 3.05) is 12.4 Å². The van der Waals surface area contributed by atoms with E-state index in [1.807, 2.05) is 6.07 Å². The van der Waals surface area contributed by atoms with Crippen LogP contribution in [0, 0.1) is 0 Å². The van der Waals surface area contributed by atoms with E-state index in [1.165, 1.54) is 11.8 Å². The number of aromatic nitrogens is 1. The number of carboxylic acids is 1. The molecule has 1 saturated heterocycles. The van der Waals surface area contributed by atoms with E-state index in [0.717, 1.165) is 62.1 Å². The maximum absolute atomic E-state index is 11.4. The number of rotatable bonds is 4. The van der Waals surface area contributed by atoms with Crippen molar-refractivity contribution >= 4 is 17.7 Å². The van der Waals surface area contributed by atoms with E-state index >= 15 is 0 Å². The Labute approximate surface area is 122 Å². The summed E-state index contributed by atoms with van der Waals surface area (Å²) in [5, 5.41) is 10.0. The topological polar surface area (TPSA) is 59.4 Å². The molecule has 0 spiro atoms. The fourth-order valence-electron chi connectivity index (χ4n) is 2.83. The number of aromatic carboxylic acids is 1.